The molecule has 250 valence electrons. The van der Waals surface area contributed by atoms with Gasteiger partial charge in [0.05, 0.1) is 22.8 Å². The molecule has 9 rings (SSSR count). The summed E-state index contributed by atoms with van der Waals surface area (Å²) in [6.07, 6.45) is 4.24. The van der Waals surface area contributed by atoms with Crippen molar-refractivity contribution >= 4 is 56.0 Å². The minimum atomic E-state index is 0.887. The molecule has 0 aliphatic carbocycles. The van der Waals surface area contributed by atoms with Crippen molar-refractivity contribution in [2.45, 2.75) is 6.92 Å². The van der Waals surface area contributed by atoms with Crippen molar-refractivity contribution in [1.29, 1.82) is 0 Å². The monoisotopic (exact) mass is 676 g/mol. The van der Waals surface area contributed by atoms with Crippen LogP contribution in [-0.4, -0.2) is 11.4 Å². The number of fused-ring (bicyclic) bond motifs is 4. The molecule has 8 aromatic rings. The van der Waals surface area contributed by atoms with E-state index in [9.17, 15) is 0 Å². The molecule has 0 saturated carbocycles. The summed E-state index contributed by atoms with van der Waals surface area (Å²) in [5.41, 5.74) is 14.5. The first-order valence-electron chi connectivity index (χ1n) is 18.0. The Kier molecular flexibility index (Phi) is 8.26. The summed E-state index contributed by atoms with van der Waals surface area (Å²) in [6.45, 7) is 6.45. The lowest BCUT2D eigenvalue weighted by molar-refractivity contribution is 1.38. The van der Waals surface area contributed by atoms with Crippen LogP contribution in [0.3, 0.4) is 0 Å². The van der Waals surface area contributed by atoms with Gasteiger partial charge in [0.2, 0.25) is 0 Å². The van der Waals surface area contributed by atoms with Crippen LogP contribution in [0.5, 0.6) is 0 Å². The van der Waals surface area contributed by atoms with Crippen LogP contribution in [0.2, 0.25) is 0 Å². The van der Waals surface area contributed by atoms with E-state index in [4.69, 9.17) is 9.98 Å². The Labute approximate surface area is 310 Å². The molecule has 0 N–H and O–H groups in total. The molecule has 53 heavy (non-hydrogen) atoms. The lowest BCUT2D eigenvalue weighted by Crippen LogP contribution is -2.10. The Morgan fingerprint density at radius 2 is 0.925 bits per heavy atom. The van der Waals surface area contributed by atoms with Crippen LogP contribution in [0.4, 0.5) is 11.4 Å². The smallest absolute Gasteiger partial charge is 0.0803 e. The Balaban J connectivity index is 1.11. The molecule has 0 amide bonds. The third kappa shape index (κ3) is 6.32. The van der Waals surface area contributed by atoms with Crippen LogP contribution >= 0.6 is 0 Å². The highest BCUT2D eigenvalue weighted by atomic mass is 14.8. The zero-order chi connectivity index (χ0) is 35.7. The number of hydrogen-bond acceptors (Lipinski definition) is 2. The molecule has 8 aromatic carbocycles. The number of allylic oxidation sites excluding steroid dienone is 2. The molecule has 2 heteroatoms. The standard InChI is InChI=1S/C51H36N2/c1-34(36-12-4-3-5-13-36)20-22-38-30-44(23-21-35(38)2)50-46-16-8-10-18-48(46)53-51(47-17-9-11-19-49(47)52-50)45-29-28-42-32-41(26-27-43(42)33-45)40-25-24-37-14-6-7-15-39(37)31-40/h3-33H,1H2,2H3/b22-20-,50-46?,51-47?,52-49?,52-50?,53-48?,53-51?. The van der Waals surface area contributed by atoms with Gasteiger partial charge in [-0.25, -0.2) is 9.98 Å². The number of nitrogens with zero attached hydrogens (tertiary/aromatic N) is 2. The summed E-state index contributed by atoms with van der Waals surface area (Å²) in [5, 5.41) is 4.86. The molecule has 0 radical (unpaired) electrons. The van der Waals surface area contributed by atoms with E-state index < -0.39 is 0 Å². The second-order valence-corrected chi connectivity index (χ2v) is 13.6. The van der Waals surface area contributed by atoms with Crippen LogP contribution in [0, 0.1) is 6.92 Å². The van der Waals surface area contributed by atoms with Crippen molar-refractivity contribution in [1.82, 2.24) is 0 Å². The minimum absolute atomic E-state index is 0.887. The predicted octanol–water partition coefficient (Wildman–Crippen LogP) is 13.3. The number of aliphatic imine (C=N–C) groups is 2. The van der Waals surface area contributed by atoms with Crippen molar-refractivity contribution in [3.05, 3.63) is 228 Å². The average Bonchev–Trinajstić information content (AvgIpc) is 3.21. The van der Waals surface area contributed by atoms with E-state index in [0.717, 1.165) is 61.8 Å². The molecule has 0 bridgehead atoms. The van der Waals surface area contributed by atoms with Crippen molar-refractivity contribution in [3.8, 4) is 11.1 Å². The second kappa shape index (κ2) is 13.7. The van der Waals surface area contributed by atoms with Gasteiger partial charge in [0.25, 0.3) is 0 Å². The first-order valence-corrected chi connectivity index (χ1v) is 18.0. The third-order valence-electron chi connectivity index (χ3n) is 10.1. The summed E-state index contributed by atoms with van der Waals surface area (Å²) in [5.74, 6) is 0. The molecule has 0 aromatic heterocycles. The molecule has 1 aliphatic heterocycles. The lowest BCUT2D eigenvalue weighted by atomic mass is 9.93. The molecule has 0 atom stereocenters. The van der Waals surface area contributed by atoms with Crippen molar-refractivity contribution in [3.63, 3.8) is 0 Å². The van der Waals surface area contributed by atoms with E-state index in [-0.39, 0.29) is 0 Å². The number of aryl methyl sites for hydroxylation is 1. The second-order valence-electron chi connectivity index (χ2n) is 13.6. The Morgan fingerprint density at radius 1 is 0.453 bits per heavy atom. The fraction of sp³-hybridized carbons (Fsp3) is 0.0196. The number of hydrogen-bond donors (Lipinski definition) is 0. The van der Waals surface area contributed by atoms with Crippen molar-refractivity contribution in [2.24, 2.45) is 9.98 Å². The highest BCUT2D eigenvalue weighted by Crippen LogP contribution is 2.35. The van der Waals surface area contributed by atoms with Crippen molar-refractivity contribution < 1.29 is 0 Å². The molecular formula is C51H36N2. The zero-order valence-electron chi connectivity index (χ0n) is 29.5. The Hall–Kier alpha value is -6.90. The maximum Gasteiger partial charge on any atom is 0.0803 e. The van der Waals surface area contributed by atoms with Crippen LogP contribution in [0.25, 0.3) is 44.3 Å². The summed E-state index contributed by atoms with van der Waals surface area (Å²) in [6, 6.07) is 62.1. The van der Waals surface area contributed by atoms with Crippen molar-refractivity contribution in [2.75, 3.05) is 0 Å². The summed E-state index contributed by atoms with van der Waals surface area (Å²) in [4.78, 5) is 10.9. The quantitative estimate of drug-likeness (QED) is 0.157. The largest absolute Gasteiger partial charge is 0.247 e. The van der Waals surface area contributed by atoms with E-state index in [1.54, 1.807) is 0 Å². The topological polar surface area (TPSA) is 24.7 Å². The molecule has 0 spiro atoms. The fourth-order valence-electron chi connectivity index (χ4n) is 7.19. The van der Waals surface area contributed by atoms with E-state index in [2.05, 4.69) is 183 Å². The maximum atomic E-state index is 5.43. The number of para-hydroxylation sites is 2. The van der Waals surface area contributed by atoms with Gasteiger partial charge in [-0.15, -0.1) is 0 Å². The van der Waals surface area contributed by atoms with Gasteiger partial charge in [-0.3, -0.25) is 0 Å². The third-order valence-corrected chi connectivity index (χ3v) is 10.1. The van der Waals surface area contributed by atoms with Gasteiger partial charge in [0.15, 0.2) is 0 Å². The summed E-state index contributed by atoms with van der Waals surface area (Å²) in [7, 11) is 0. The highest BCUT2D eigenvalue weighted by Gasteiger charge is 2.20. The van der Waals surface area contributed by atoms with Gasteiger partial charge in [-0.05, 0) is 98.3 Å². The maximum absolute atomic E-state index is 5.43. The lowest BCUT2D eigenvalue weighted by Gasteiger charge is -2.19. The molecule has 2 nitrogen and oxygen atoms in total. The van der Waals surface area contributed by atoms with E-state index in [1.165, 1.54) is 38.2 Å². The summed E-state index contributed by atoms with van der Waals surface area (Å²) < 4.78 is 0. The highest BCUT2D eigenvalue weighted by molar-refractivity contribution is 6.23. The van der Waals surface area contributed by atoms with Gasteiger partial charge in [-0.2, -0.15) is 0 Å². The molecule has 0 fully saturated rings. The van der Waals surface area contributed by atoms with E-state index in [0.29, 0.717) is 0 Å². The van der Waals surface area contributed by atoms with Gasteiger partial charge < -0.3 is 0 Å². The van der Waals surface area contributed by atoms with Crippen LogP contribution in [0.1, 0.15) is 38.9 Å². The Bertz CT molecular complexity index is 2800. The van der Waals surface area contributed by atoms with E-state index >= 15 is 0 Å². The molecule has 0 unspecified atom stereocenters. The summed E-state index contributed by atoms with van der Waals surface area (Å²) >= 11 is 0. The van der Waals surface area contributed by atoms with Gasteiger partial charge >= 0.3 is 0 Å². The van der Waals surface area contributed by atoms with Gasteiger partial charge in [-0.1, -0.05) is 158 Å². The molecule has 0 saturated heterocycles. The molecule has 1 heterocycles. The molecule has 1 aliphatic rings. The number of benzene rings is 8. The van der Waals surface area contributed by atoms with Crippen LogP contribution in [-0.2, 0) is 0 Å². The molecular weight excluding hydrogens is 641 g/mol. The average molecular weight is 677 g/mol. The van der Waals surface area contributed by atoms with Gasteiger partial charge in [0.1, 0.15) is 0 Å². The first kappa shape index (κ1) is 32.0. The first-order chi connectivity index (χ1) is 26.1. The Morgan fingerprint density at radius 3 is 1.58 bits per heavy atom. The SMILES string of the molecule is C=C(/C=C\c1cc(C2=Nc3ccccc3C(c3ccc4cc(-c5ccc6ccccc6c5)ccc4c3)=Nc3ccccc32)ccc1C)c1ccccc1. The predicted molar refractivity (Wildman–Crippen MR) is 226 cm³/mol. The fourth-order valence-corrected chi connectivity index (χ4v) is 7.19. The number of rotatable bonds is 6. The van der Waals surface area contributed by atoms with Crippen LogP contribution in [0.15, 0.2) is 199 Å². The van der Waals surface area contributed by atoms with E-state index in [1.807, 2.05) is 18.2 Å². The normalized spacial score (nSPS) is 12.5. The van der Waals surface area contributed by atoms with Crippen LogP contribution < -0.4 is 0 Å². The minimum Gasteiger partial charge on any atom is -0.247 e. The zero-order valence-corrected chi connectivity index (χ0v) is 29.5. The van der Waals surface area contributed by atoms with Gasteiger partial charge in [0, 0.05) is 22.3 Å².